The Balaban J connectivity index is 4.69. The molecule has 1 amide bonds. The fourth-order valence-corrected chi connectivity index (χ4v) is 1.04. The van der Waals surface area contributed by atoms with Crippen molar-refractivity contribution < 1.29 is 18.7 Å². The Bertz CT molecular complexity index is 262. The summed E-state index contributed by atoms with van der Waals surface area (Å²) in [6.07, 6.45) is -0.0986. The van der Waals surface area contributed by atoms with E-state index in [9.17, 15) is 14.0 Å². The minimum atomic E-state index is -1.16. The molecule has 0 saturated carbocycles. The van der Waals surface area contributed by atoms with Gasteiger partial charge in [-0.25, -0.2) is 4.79 Å². The average molecular weight is 233 g/mol. The van der Waals surface area contributed by atoms with Gasteiger partial charge in [-0.05, 0) is 27.7 Å². The molecule has 0 spiro atoms. The van der Waals surface area contributed by atoms with Gasteiger partial charge in [-0.2, -0.15) is 0 Å². The molecule has 5 heteroatoms. The second-order valence-corrected chi connectivity index (χ2v) is 4.95. The topological polar surface area (TPSA) is 46.6 Å². The Morgan fingerprint density at radius 3 is 2.19 bits per heavy atom. The lowest BCUT2D eigenvalue weighted by Gasteiger charge is -2.34. The third-order valence-electron chi connectivity index (χ3n) is 2.29. The second kappa shape index (κ2) is 5.27. The molecule has 94 valence electrons. The number of carbonyl (C=O) groups excluding carboxylic acids is 2. The van der Waals surface area contributed by atoms with Crippen molar-refractivity contribution in [3.63, 3.8) is 0 Å². The number of aldehydes is 1. The maximum absolute atomic E-state index is 12.3. The molecule has 0 bridgehead atoms. The Morgan fingerprint density at radius 1 is 1.38 bits per heavy atom. The molecular weight excluding hydrogens is 213 g/mol. The maximum atomic E-state index is 12.3. The van der Waals surface area contributed by atoms with Gasteiger partial charge in [0.05, 0.1) is 6.67 Å². The monoisotopic (exact) mass is 233 g/mol. The van der Waals surface area contributed by atoms with Gasteiger partial charge in [0.2, 0.25) is 0 Å². The highest BCUT2D eigenvalue weighted by Gasteiger charge is 2.34. The number of halogens is 1. The number of nitrogens with zero attached hydrogens (tertiary/aromatic N) is 1. The lowest BCUT2D eigenvalue weighted by atomic mass is 9.99. The summed E-state index contributed by atoms with van der Waals surface area (Å²) in [5, 5.41) is 0. The molecular formula is C11H20FNO3. The van der Waals surface area contributed by atoms with Crippen LogP contribution >= 0.6 is 0 Å². The van der Waals surface area contributed by atoms with Crippen LogP contribution in [0, 0.1) is 0 Å². The van der Waals surface area contributed by atoms with Crippen molar-refractivity contribution in [1.82, 2.24) is 4.90 Å². The summed E-state index contributed by atoms with van der Waals surface area (Å²) in [6.45, 7) is 6.02. The van der Waals surface area contributed by atoms with Crippen LogP contribution in [0.25, 0.3) is 0 Å². The van der Waals surface area contributed by atoms with E-state index in [0.29, 0.717) is 6.29 Å². The fourth-order valence-electron chi connectivity index (χ4n) is 1.04. The van der Waals surface area contributed by atoms with Crippen molar-refractivity contribution in [3.8, 4) is 0 Å². The first-order valence-electron chi connectivity index (χ1n) is 5.15. The van der Waals surface area contributed by atoms with Gasteiger partial charge in [-0.15, -0.1) is 0 Å². The normalized spacial score (nSPS) is 15.1. The molecule has 0 aromatic heterocycles. The molecule has 0 aromatic carbocycles. The number of rotatable bonds is 4. The molecule has 0 N–H and O–H groups in total. The lowest BCUT2D eigenvalue weighted by Crippen LogP contribution is -2.50. The van der Waals surface area contributed by atoms with E-state index >= 15 is 0 Å². The SMILES string of the molecule is CN(C(=O)OC(C)(C)C)C(C)(C=O)CCF. The van der Waals surface area contributed by atoms with Crippen LogP contribution in [0.2, 0.25) is 0 Å². The number of likely N-dealkylation sites (N-methyl/N-ethyl adjacent to an activating group) is 1. The van der Waals surface area contributed by atoms with E-state index in [-0.39, 0.29) is 6.42 Å². The first-order chi connectivity index (χ1) is 7.16. The molecule has 1 atom stereocenters. The highest BCUT2D eigenvalue weighted by Crippen LogP contribution is 2.19. The number of ether oxygens (including phenoxy) is 1. The minimum Gasteiger partial charge on any atom is -0.444 e. The van der Waals surface area contributed by atoms with E-state index in [1.54, 1.807) is 20.8 Å². The molecule has 0 aliphatic carbocycles. The summed E-state index contributed by atoms with van der Waals surface area (Å²) in [5.41, 5.74) is -1.79. The Hall–Kier alpha value is -1.13. The third-order valence-corrected chi connectivity index (χ3v) is 2.29. The van der Waals surface area contributed by atoms with Gasteiger partial charge in [0.1, 0.15) is 17.4 Å². The van der Waals surface area contributed by atoms with Gasteiger partial charge in [-0.3, -0.25) is 9.29 Å². The molecule has 0 aliphatic rings. The quantitative estimate of drug-likeness (QED) is 0.699. The second-order valence-electron chi connectivity index (χ2n) is 4.95. The molecule has 0 aromatic rings. The molecule has 0 saturated heterocycles. The van der Waals surface area contributed by atoms with Crippen LogP contribution in [0.4, 0.5) is 9.18 Å². The highest BCUT2D eigenvalue weighted by atomic mass is 19.1. The number of hydrogen-bond acceptors (Lipinski definition) is 3. The van der Waals surface area contributed by atoms with Gasteiger partial charge >= 0.3 is 6.09 Å². The van der Waals surface area contributed by atoms with Crippen LogP contribution in [-0.2, 0) is 9.53 Å². The van der Waals surface area contributed by atoms with Crippen molar-refractivity contribution in [1.29, 1.82) is 0 Å². The van der Waals surface area contributed by atoms with Crippen molar-refractivity contribution in [2.45, 2.75) is 45.3 Å². The number of alkyl halides is 1. The average Bonchev–Trinajstić information content (AvgIpc) is 2.14. The van der Waals surface area contributed by atoms with Crippen LogP contribution in [0.3, 0.4) is 0 Å². The highest BCUT2D eigenvalue weighted by molar-refractivity contribution is 5.76. The van der Waals surface area contributed by atoms with Crippen LogP contribution in [0.5, 0.6) is 0 Å². The standard InChI is InChI=1S/C11H20FNO3/c1-10(2,3)16-9(15)13(5)11(4,8-14)6-7-12/h8H,6-7H2,1-5H3. The molecule has 0 radical (unpaired) electrons. The number of carbonyl (C=O) groups is 2. The molecule has 0 fully saturated rings. The predicted octanol–water partition coefficient (Wildman–Crippen LogP) is 2.17. The molecule has 16 heavy (non-hydrogen) atoms. The fraction of sp³-hybridized carbons (Fsp3) is 0.818. The summed E-state index contributed by atoms with van der Waals surface area (Å²) in [5.74, 6) is 0. The largest absolute Gasteiger partial charge is 0.444 e. The van der Waals surface area contributed by atoms with E-state index in [1.807, 2.05) is 0 Å². The maximum Gasteiger partial charge on any atom is 0.410 e. The van der Waals surface area contributed by atoms with Gasteiger partial charge in [0.15, 0.2) is 0 Å². The molecule has 0 rings (SSSR count). The van der Waals surface area contributed by atoms with Gasteiger partial charge < -0.3 is 9.53 Å². The van der Waals surface area contributed by atoms with E-state index in [1.165, 1.54) is 14.0 Å². The van der Waals surface area contributed by atoms with E-state index in [4.69, 9.17) is 4.74 Å². The van der Waals surface area contributed by atoms with Crippen molar-refractivity contribution >= 4 is 12.4 Å². The molecule has 0 heterocycles. The summed E-state index contributed by atoms with van der Waals surface area (Å²) in [6, 6.07) is 0. The van der Waals surface area contributed by atoms with E-state index in [2.05, 4.69) is 0 Å². The van der Waals surface area contributed by atoms with Crippen molar-refractivity contribution in [2.75, 3.05) is 13.7 Å². The Morgan fingerprint density at radius 2 is 1.88 bits per heavy atom. The van der Waals surface area contributed by atoms with Crippen LogP contribution in [0.15, 0.2) is 0 Å². The van der Waals surface area contributed by atoms with Crippen molar-refractivity contribution in [3.05, 3.63) is 0 Å². The lowest BCUT2D eigenvalue weighted by molar-refractivity contribution is -0.117. The number of hydrogen-bond donors (Lipinski definition) is 0. The first-order valence-corrected chi connectivity index (χ1v) is 5.15. The summed E-state index contributed by atoms with van der Waals surface area (Å²) in [4.78, 5) is 23.7. The van der Waals surface area contributed by atoms with Crippen LogP contribution in [-0.4, -0.2) is 42.1 Å². The summed E-state index contributed by atoms with van der Waals surface area (Å²) >= 11 is 0. The summed E-state index contributed by atoms with van der Waals surface area (Å²) < 4.78 is 17.4. The van der Waals surface area contributed by atoms with E-state index < -0.39 is 23.9 Å². The minimum absolute atomic E-state index is 0.0355. The molecule has 4 nitrogen and oxygen atoms in total. The summed E-state index contributed by atoms with van der Waals surface area (Å²) in [7, 11) is 1.43. The molecule has 1 unspecified atom stereocenters. The zero-order valence-corrected chi connectivity index (χ0v) is 10.5. The van der Waals surface area contributed by atoms with Gasteiger partial charge in [-0.1, -0.05) is 0 Å². The van der Waals surface area contributed by atoms with Crippen LogP contribution in [0.1, 0.15) is 34.1 Å². The predicted molar refractivity (Wildman–Crippen MR) is 59.1 cm³/mol. The van der Waals surface area contributed by atoms with Crippen molar-refractivity contribution in [2.24, 2.45) is 0 Å². The third kappa shape index (κ3) is 4.16. The van der Waals surface area contributed by atoms with Crippen LogP contribution < -0.4 is 0 Å². The van der Waals surface area contributed by atoms with E-state index in [0.717, 1.165) is 4.90 Å². The van der Waals surface area contributed by atoms with Gasteiger partial charge in [0.25, 0.3) is 0 Å². The first kappa shape index (κ1) is 14.9. The Labute approximate surface area is 95.8 Å². The molecule has 0 aliphatic heterocycles. The zero-order valence-electron chi connectivity index (χ0n) is 10.5. The Kier molecular flexibility index (Phi) is 4.90. The van der Waals surface area contributed by atoms with Gasteiger partial charge in [0, 0.05) is 13.5 Å². The smallest absolute Gasteiger partial charge is 0.410 e. The number of amides is 1. The zero-order chi connectivity index (χ0) is 13.0.